The third-order valence-corrected chi connectivity index (χ3v) is 6.55. The van der Waals surface area contributed by atoms with Gasteiger partial charge in [-0.15, -0.1) is 0 Å². The first-order valence-corrected chi connectivity index (χ1v) is 11.9. The third kappa shape index (κ3) is 6.56. The fourth-order valence-electron chi connectivity index (χ4n) is 4.61. The Bertz CT molecular complexity index is 892. The van der Waals surface area contributed by atoms with E-state index in [0.717, 1.165) is 23.3 Å². The van der Waals surface area contributed by atoms with Crippen molar-refractivity contribution in [2.75, 3.05) is 0 Å². The minimum Gasteiger partial charge on any atom is -0.489 e. The van der Waals surface area contributed by atoms with Gasteiger partial charge in [0.25, 0.3) is 0 Å². The lowest BCUT2D eigenvalue weighted by atomic mass is 9.77. The summed E-state index contributed by atoms with van der Waals surface area (Å²) in [6, 6.07) is 17.0. The van der Waals surface area contributed by atoms with E-state index in [4.69, 9.17) is 4.74 Å². The maximum Gasteiger partial charge on any atom is 0.156 e. The second kappa shape index (κ2) is 10.8. The fourth-order valence-corrected chi connectivity index (χ4v) is 4.61. The van der Waals surface area contributed by atoms with Crippen molar-refractivity contribution in [3.05, 3.63) is 76.9 Å². The van der Waals surface area contributed by atoms with Gasteiger partial charge in [-0.2, -0.15) is 0 Å². The number of ketones is 1. The average molecular weight is 419 g/mol. The molecule has 0 N–H and O–H groups in total. The van der Waals surface area contributed by atoms with Crippen molar-refractivity contribution in [2.24, 2.45) is 0 Å². The molecule has 3 rings (SSSR count). The second-order valence-corrected chi connectivity index (χ2v) is 9.78. The van der Waals surface area contributed by atoms with Crippen LogP contribution in [0.15, 0.2) is 60.2 Å². The van der Waals surface area contributed by atoms with Gasteiger partial charge in [-0.1, -0.05) is 94.5 Å². The van der Waals surface area contributed by atoms with Crippen LogP contribution in [0.4, 0.5) is 0 Å². The van der Waals surface area contributed by atoms with Crippen LogP contribution in [-0.2, 0) is 16.8 Å². The smallest absolute Gasteiger partial charge is 0.156 e. The SMILES string of the molecule is CCCCCCC(C)(C)c1ccc(C2CC(=O)C=C(C)C2)c(OCc2ccccc2)c1. The zero-order chi connectivity index (χ0) is 22.3. The second-order valence-electron chi connectivity index (χ2n) is 9.78. The summed E-state index contributed by atoms with van der Waals surface area (Å²) in [5, 5.41) is 0. The first-order valence-electron chi connectivity index (χ1n) is 11.9. The molecule has 31 heavy (non-hydrogen) atoms. The van der Waals surface area contributed by atoms with Crippen LogP contribution in [0.1, 0.15) is 95.2 Å². The minimum atomic E-state index is 0.106. The molecule has 0 fully saturated rings. The molecule has 2 aromatic rings. The van der Waals surface area contributed by atoms with E-state index in [0.29, 0.717) is 13.0 Å². The van der Waals surface area contributed by atoms with Gasteiger partial charge in [0.05, 0.1) is 0 Å². The number of unbranched alkanes of at least 4 members (excludes halogenated alkanes) is 3. The Balaban J connectivity index is 1.85. The number of carbonyl (C=O) groups excluding carboxylic acids is 1. The van der Waals surface area contributed by atoms with E-state index in [9.17, 15) is 4.79 Å². The molecule has 0 amide bonds. The molecular formula is C29H38O2. The zero-order valence-electron chi connectivity index (χ0n) is 19.7. The number of hydrogen-bond acceptors (Lipinski definition) is 2. The van der Waals surface area contributed by atoms with E-state index in [1.54, 1.807) is 6.08 Å². The van der Waals surface area contributed by atoms with E-state index in [-0.39, 0.29) is 17.1 Å². The molecule has 1 atom stereocenters. The molecule has 0 aliphatic heterocycles. The van der Waals surface area contributed by atoms with Gasteiger partial charge in [0.2, 0.25) is 0 Å². The molecular weight excluding hydrogens is 380 g/mol. The summed E-state index contributed by atoms with van der Waals surface area (Å²) in [6.07, 6.45) is 9.59. The molecule has 1 aliphatic carbocycles. The summed E-state index contributed by atoms with van der Waals surface area (Å²) in [5.74, 6) is 1.36. The van der Waals surface area contributed by atoms with Gasteiger partial charge in [0.1, 0.15) is 12.4 Å². The van der Waals surface area contributed by atoms with E-state index in [1.807, 2.05) is 18.2 Å². The van der Waals surface area contributed by atoms with Gasteiger partial charge in [-0.3, -0.25) is 4.79 Å². The lowest BCUT2D eigenvalue weighted by Gasteiger charge is -2.29. The minimum absolute atomic E-state index is 0.106. The predicted octanol–water partition coefficient (Wildman–Crippen LogP) is 7.91. The molecule has 0 saturated carbocycles. The van der Waals surface area contributed by atoms with Crippen LogP contribution in [-0.4, -0.2) is 5.78 Å². The fraction of sp³-hybridized carbons (Fsp3) is 0.483. The Morgan fingerprint density at radius 1 is 1.00 bits per heavy atom. The summed E-state index contributed by atoms with van der Waals surface area (Å²) in [6.45, 7) is 9.54. The first kappa shape index (κ1) is 23.3. The summed E-state index contributed by atoms with van der Waals surface area (Å²) in [7, 11) is 0. The van der Waals surface area contributed by atoms with Crippen molar-refractivity contribution in [2.45, 2.75) is 90.6 Å². The highest BCUT2D eigenvalue weighted by atomic mass is 16.5. The van der Waals surface area contributed by atoms with Crippen LogP contribution < -0.4 is 4.74 Å². The Kier molecular flexibility index (Phi) is 8.12. The summed E-state index contributed by atoms with van der Waals surface area (Å²) in [5.41, 5.74) is 4.92. The number of allylic oxidation sites excluding steroid dienone is 2. The first-order chi connectivity index (χ1) is 14.9. The average Bonchev–Trinajstić information content (AvgIpc) is 2.75. The van der Waals surface area contributed by atoms with Crippen molar-refractivity contribution in [3.63, 3.8) is 0 Å². The normalized spacial score (nSPS) is 16.8. The lowest BCUT2D eigenvalue weighted by Crippen LogP contribution is -2.18. The molecule has 2 heteroatoms. The van der Waals surface area contributed by atoms with Crippen LogP contribution in [0.2, 0.25) is 0 Å². The van der Waals surface area contributed by atoms with Crippen LogP contribution in [0.25, 0.3) is 0 Å². The topological polar surface area (TPSA) is 26.3 Å². The van der Waals surface area contributed by atoms with E-state index >= 15 is 0 Å². The standard InChI is InChI=1S/C29H38O2/c1-5-6-7-11-16-29(3,4)25-14-15-27(24-17-22(2)18-26(30)19-24)28(20-25)31-21-23-12-9-8-10-13-23/h8-10,12-15,18,20,24H,5-7,11,16-17,19,21H2,1-4H3. The van der Waals surface area contributed by atoms with Gasteiger partial charge >= 0.3 is 0 Å². The van der Waals surface area contributed by atoms with Gasteiger partial charge in [0, 0.05) is 6.42 Å². The summed E-state index contributed by atoms with van der Waals surface area (Å²) < 4.78 is 6.40. The molecule has 2 nitrogen and oxygen atoms in total. The quantitative estimate of drug-likeness (QED) is 0.366. The maximum absolute atomic E-state index is 12.2. The van der Waals surface area contributed by atoms with Crippen molar-refractivity contribution in [1.82, 2.24) is 0 Å². The summed E-state index contributed by atoms with van der Waals surface area (Å²) >= 11 is 0. The Hall–Kier alpha value is -2.35. The van der Waals surface area contributed by atoms with Crippen LogP contribution in [0.3, 0.4) is 0 Å². The molecule has 2 aromatic carbocycles. The molecule has 0 radical (unpaired) electrons. The molecule has 166 valence electrons. The summed E-state index contributed by atoms with van der Waals surface area (Å²) in [4.78, 5) is 12.2. The number of carbonyl (C=O) groups is 1. The van der Waals surface area contributed by atoms with Crippen molar-refractivity contribution in [1.29, 1.82) is 0 Å². The molecule has 0 spiro atoms. The monoisotopic (exact) mass is 418 g/mol. The van der Waals surface area contributed by atoms with Crippen molar-refractivity contribution >= 4 is 5.78 Å². The van der Waals surface area contributed by atoms with Gasteiger partial charge in [-0.05, 0) is 59.9 Å². The van der Waals surface area contributed by atoms with E-state index in [2.05, 4.69) is 58.0 Å². The highest BCUT2D eigenvalue weighted by molar-refractivity contribution is 5.92. The molecule has 1 unspecified atom stereocenters. The molecule has 0 bridgehead atoms. The van der Waals surface area contributed by atoms with Crippen LogP contribution in [0, 0.1) is 0 Å². The van der Waals surface area contributed by atoms with E-state index in [1.165, 1.54) is 43.2 Å². The molecule has 0 heterocycles. The Labute approximate surface area is 188 Å². The van der Waals surface area contributed by atoms with Gasteiger partial charge in [-0.25, -0.2) is 0 Å². The Morgan fingerprint density at radius 3 is 2.48 bits per heavy atom. The number of ether oxygens (including phenoxy) is 1. The lowest BCUT2D eigenvalue weighted by molar-refractivity contribution is -0.115. The van der Waals surface area contributed by atoms with Gasteiger partial charge in [0.15, 0.2) is 5.78 Å². The van der Waals surface area contributed by atoms with E-state index < -0.39 is 0 Å². The van der Waals surface area contributed by atoms with Crippen LogP contribution in [0.5, 0.6) is 5.75 Å². The van der Waals surface area contributed by atoms with Crippen molar-refractivity contribution in [3.8, 4) is 5.75 Å². The highest BCUT2D eigenvalue weighted by Crippen LogP contribution is 2.40. The highest BCUT2D eigenvalue weighted by Gasteiger charge is 2.26. The van der Waals surface area contributed by atoms with Crippen LogP contribution >= 0.6 is 0 Å². The van der Waals surface area contributed by atoms with Crippen molar-refractivity contribution < 1.29 is 9.53 Å². The number of hydrogen-bond donors (Lipinski definition) is 0. The number of rotatable bonds is 10. The molecule has 0 saturated heterocycles. The largest absolute Gasteiger partial charge is 0.489 e. The third-order valence-electron chi connectivity index (χ3n) is 6.55. The predicted molar refractivity (Wildman–Crippen MR) is 130 cm³/mol. The molecule has 1 aliphatic rings. The van der Waals surface area contributed by atoms with Gasteiger partial charge < -0.3 is 4.74 Å². The Morgan fingerprint density at radius 2 is 1.77 bits per heavy atom. The number of benzene rings is 2. The zero-order valence-corrected chi connectivity index (χ0v) is 19.7. The molecule has 0 aromatic heterocycles. The maximum atomic E-state index is 12.2.